The monoisotopic (exact) mass is 298 g/mol. The van der Waals surface area contributed by atoms with Gasteiger partial charge in [0, 0.05) is 18.4 Å². The van der Waals surface area contributed by atoms with Crippen molar-refractivity contribution in [3.63, 3.8) is 0 Å². The molecule has 0 aromatic heterocycles. The number of carbonyl (C=O) groups excluding carboxylic acids is 2. The zero-order chi connectivity index (χ0) is 15.9. The van der Waals surface area contributed by atoms with E-state index in [-0.39, 0.29) is 12.5 Å². The first-order chi connectivity index (χ1) is 10.6. The van der Waals surface area contributed by atoms with Gasteiger partial charge in [0.2, 0.25) is 0 Å². The number of esters is 1. The minimum absolute atomic E-state index is 0.329. The Labute approximate surface area is 129 Å². The second-order valence-corrected chi connectivity index (χ2v) is 4.79. The van der Waals surface area contributed by atoms with E-state index >= 15 is 0 Å². The Balaban J connectivity index is 1.92. The molecule has 0 atom stereocenters. The number of nitrogens with one attached hydrogen (secondary N) is 2. The highest BCUT2D eigenvalue weighted by molar-refractivity contribution is 5.98. The van der Waals surface area contributed by atoms with E-state index in [1.165, 1.54) is 0 Å². The van der Waals surface area contributed by atoms with Gasteiger partial charge in [-0.1, -0.05) is 24.3 Å². The first kappa shape index (κ1) is 15.6. The van der Waals surface area contributed by atoms with Crippen molar-refractivity contribution < 1.29 is 14.3 Å². The fourth-order valence-corrected chi connectivity index (χ4v) is 2.01. The van der Waals surface area contributed by atoms with Crippen molar-refractivity contribution in [1.29, 1.82) is 0 Å². The highest BCUT2D eigenvalue weighted by Crippen LogP contribution is 2.15. The Kier molecular flexibility index (Phi) is 5.14. The molecule has 22 heavy (non-hydrogen) atoms. The summed E-state index contributed by atoms with van der Waals surface area (Å²) in [4.78, 5) is 23.8. The van der Waals surface area contributed by atoms with E-state index in [1.807, 2.05) is 31.2 Å². The van der Waals surface area contributed by atoms with Gasteiger partial charge in [0.15, 0.2) is 6.61 Å². The zero-order valence-corrected chi connectivity index (χ0v) is 12.6. The molecule has 0 saturated carbocycles. The topological polar surface area (TPSA) is 67.4 Å². The number of hydrogen-bond donors (Lipinski definition) is 2. The van der Waals surface area contributed by atoms with Gasteiger partial charge in [0.05, 0.1) is 5.56 Å². The molecule has 1 amide bonds. The SMILES string of the molecule is CNc1ccccc1C(=O)OCC(=O)Nc1cccc(C)c1. The van der Waals surface area contributed by atoms with Crippen LogP contribution in [0.15, 0.2) is 48.5 Å². The average molecular weight is 298 g/mol. The number of anilines is 2. The highest BCUT2D eigenvalue weighted by atomic mass is 16.5. The van der Waals surface area contributed by atoms with Gasteiger partial charge in [-0.3, -0.25) is 4.79 Å². The van der Waals surface area contributed by atoms with Crippen molar-refractivity contribution in [2.45, 2.75) is 6.92 Å². The Bertz CT molecular complexity index is 683. The molecule has 0 fully saturated rings. The normalized spacial score (nSPS) is 9.91. The third-order valence-electron chi connectivity index (χ3n) is 3.05. The number of hydrogen-bond acceptors (Lipinski definition) is 4. The van der Waals surface area contributed by atoms with Crippen LogP contribution in [0.3, 0.4) is 0 Å². The van der Waals surface area contributed by atoms with Gasteiger partial charge >= 0.3 is 5.97 Å². The van der Waals surface area contributed by atoms with Crippen LogP contribution in [0.1, 0.15) is 15.9 Å². The summed E-state index contributed by atoms with van der Waals surface area (Å²) >= 11 is 0. The van der Waals surface area contributed by atoms with Crippen LogP contribution in [-0.2, 0) is 9.53 Å². The summed E-state index contributed by atoms with van der Waals surface area (Å²) in [6, 6.07) is 14.4. The second kappa shape index (κ2) is 7.26. The molecular formula is C17H18N2O3. The van der Waals surface area contributed by atoms with Crippen molar-refractivity contribution in [3.05, 3.63) is 59.7 Å². The van der Waals surface area contributed by atoms with E-state index in [4.69, 9.17) is 4.74 Å². The van der Waals surface area contributed by atoms with Crippen molar-refractivity contribution in [3.8, 4) is 0 Å². The van der Waals surface area contributed by atoms with Crippen LogP contribution in [0.2, 0.25) is 0 Å². The second-order valence-electron chi connectivity index (χ2n) is 4.79. The summed E-state index contributed by atoms with van der Waals surface area (Å²) in [5, 5.41) is 5.60. The standard InChI is InChI=1S/C17H18N2O3/c1-12-6-5-7-13(10-12)19-16(20)11-22-17(21)14-8-3-4-9-15(14)18-2/h3-10,18H,11H2,1-2H3,(H,19,20). The predicted molar refractivity (Wildman–Crippen MR) is 86.1 cm³/mol. The Hall–Kier alpha value is -2.82. The quantitative estimate of drug-likeness (QED) is 0.833. The first-order valence-corrected chi connectivity index (χ1v) is 6.90. The number of benzene rings is 2. The molecule has 0 unspecified atom stereocenters. The van der Waals surface area contributed by atoms with E-state index in [0.29, 0.717) is 16.9 Å². The molecule has 114 valence electrons. The van der Waals surface area contributed by atoms with E-state index in [9.17, 15) is 9.59 Å². The van der Waals surface area contributed by atoms with Crippen LogP contribution < -0.4 is 10.6 Å². The van der Waals surface area contributed by atoms with Gasteiger partial charge in [-0.25, -0.2) is 4.79 Å². The number of rotatable bonds is 5. The lowest BCUT2D eigenvalue weighted by Crippen LogP contribution is -2.21. The molecule has 0 heterocycles. The molecular weight excluding hydrogens is 280 g/mol. The molecule has 2 aromatic carbocycles. The Morgan fingerprint density at radius 1 is 1.09 bits per heavy atom. The molecule has 0 spiro atoms. The average Bonchev–Trinajstić information content (AvgIpc) is 2.52. The van der Waals surface area contributed by atoms with E-state index < -0.39 is 5.97 Å². The lowest BCUT2D eigenvalue weighted by atomic mass is 10.2. The minimum atomic E-state index is -0.538. The third-order valence-corrected chi connectivity index (χ3v) is 3.05. The van der Waals surface area contributed by atoms with Gasteiger partial charge in [-0.15, -0.1) is 0 Å². The summed E-state index contributed by atoms with van der Waals surface area (Å²) < 4.78 is 5.04. The number of para-hydroxylation sites is 1. The molecule has 2 aromatic rings. The maximum Gasteiger partial charge on any atom is 0.340 e. The fourth-order valence-electron chi connectivity index (χ4n) is 2.01. The molecule has 5 nitrogen and oxygen atoms in total. The summed E-state index contributed by atoms with van der Waals surface area (Å²) in [5.74, 6) is -0.912. The van der Waals surface area contributed by atoms with Crippen LogP contribution in [-0.4, -0.2) is 25.5 Å². The van der Waals surface area contributed by atoms with Gasteiger partial charge < -0.3 is 15.4 Å². The van der Waals surface area contributed by atoms with Gasteiger partial charge in [0.1, 0.15) is 0 Å². The molecule has 0 radical (unpaired) electrons. The largest absolute Gasteiger partial charge is 0.452 e. The van der Waals surface area contributed by atoms with E-state index in [0.717, 1.165) is 5.56 Å². The number of amides is 1. The lowest BCUT2D eigenvalue weighted by molar-refractivity contribution is -0.119. The fraction of sp³-hybridized carbons (Fsp3) is 0.176. The molecule has 2 N–H and O–H groups in total. The summed E-state index contributed by atoms with van der Waals surface area (Å²) in [6.07, 6.45) is 0. The predicted octanol–water partition coefficient (Wildman–Crippen LogP) is 2.83. The molecule has 0 bridgehead atoms. The number of ether oxygens (including phenoxy) is 1. The van der Waals surface area contributed by atoms with Crippen LogP contribution in [0, 0.1) is 6.92 Å². The smallest absolute Gasteiger partial charge is 0.340 e. The lowest BCUT2D eigenvalue weighted by Gasteiger charge is -2.09. The molecule has 5 heteroatoms. The number of aryl methyl sites for hydroxylation is 1. The summed E-state index contributed by atoms with van der Waals surface area (Å²) in [6.45, 7) is 1.61. The van der Waals surface area contributed by atoms with Gasteiger partial charge in [-0.2, -0.15) is 0 Å². The molecule has 0 aliphatic heterocycles. The number of carbonyl (C=O) groups is 2. The van der Waals surface area contributed by atoms with E-state index in [2.05, 4.69) is 10.6 Å². The van der Waals surface area contributed by atoms with Crippen molar-refractivity contribution >= 4 is 23.3 Å². The van der Waals surface area contributed by atoms with Crippen LogP contribution in [0.4, 0.5) is 11.4 Å². The summed E-state index contributed by atoms with van der Waals surface area (Å²) in [5.41, 5.74) is 2.77. The Morgan fingerprint density at radius 3 is 2.59 bits per heavy atom. The third kappa shape index (κ3) is 4.09. The maximum atomic E-state index is 12.0. The van der Waals surface area contributed by atoms with Crippen LogP contribution >= 0.6 is 0 Å². The van der Waals surface area contributed by atoms with Gasteiger partial charge in [0.25, 0.3) is 5.91 Å². The maximum absolute atomic E-state index is 12.0. The molecule has 0 saturated heterocycles. The van der Waals surface area contributed by atoms with Crippen molar-refractivity contribution in [1.82, 2.24) is 0 Å². The first-order valence-electron chi connectivity index (χ1n) is 6.90. The van der Waals surface area contributed by atoms with Crippen LogP contribution in [0.5, 0.6) is 0 Å². The van der Waals surface area contributed by atoms with Crippen molar-refractivity contribution in [2.75, 3.05) is 24.3 Å². The molecule has 0 aliphatic rings. The van der Waals surface area contributed by atoms with Crippen molar-refractivity contribution in [2.24, 2.45) is 0 Å². The van der Waals surface area contributed by atoms with Gasteiger partial charge in [-0.05, 0) is 36.8 Å². The summed E-state index contributed by atoms with van der Waals surface area (Å²) in [7, 11) is 1.72. The molecule has 0 aliphatic carbocycles. The Morgan fingerprint density at radius 2 is 1.86 bits per heavy atom. The van der Waals surface area contributed by atoms with E-state index in [1.54, 1.807) is 31.3 Å². The van der Waals surface area contributed by atoms with Crippen LogP contribution in [0.25, 0.3) is 0 Å². The minimum Gasteiger partial charge on any atom is -0.452 e. The zero-order valence-electron chi connectivity index (χ0n) is 12.6. The highest BCUT2D eigenvalue weighted by Gasteiger charge is 2.13. The molecule has 2 rings (SSSR count).